The number of rotatable bonds is 6. The zero-order valence-electron chi connectivity index (χ0n) is 15.2. The number of aryl methyl sites for hydroxylation is 1. The van der Waals surface area contributed by atoms with Crippen molar-refractivity contribution in [2.24, 2.45) is 0 Å². The number of unbranched alkanes of at least 4 members (excludes halogenated alkanes) is 1. The first-order valence-electron chi connectivity index (χ1n) is 9.06. The highest BCUT2D eigenvalue weighted by atomic mass is 16.5. The molecular formula is C21H21N5O. The number of para-hydroxylation sites is 1. The molecule has 0 bridgehead atoms. The van der Waals surface area contributed by atoms with Crippen LogP contribution in [0.2, 0.25) is 0 Å². The molecule has 2 aromatic carbocycles. The number of aromatic nitrogens is 4. The fraction of sp³-hybridized carbons (Fsp3) is 0.190. The average molecular weight is 359 g/mol. The van der Waals surface area contributed by atoms with E-state index in [9.17, 15) is 0 Å². The van der Waals surface area contributed by atoms with E-state index < -0.39 is 0 Å². The summed E-state index contributed by atoms with van der Waals surface area (Å²) >= 11 is 0. The molecule has 27 heavy (non-hydrogen) atoms. The first kappa shape index (κ1) is 17.0. The standard InChI is InChI=1S/C21H21N5O/c1-2-3-13-26-21-18(20(22)23-14-24-21)19(25-26)15-9-11-17(12-10-15)27-16-7-5-4-6-8-16/h4-12,14H,2-3,13H2,1H3,(H2,22,23,24). The van der Waals surface area contributed by atoms with E-state index in [0.29, 0.717) is 5.82 Å². The van der Waals surface area contributed by atoms with Crippen LogP contribution in [0.3, 0.4) is 0 Å². The molecular weight excluding hydrogens is 338 g/mol. The third-order valence-electron chi connectivity index (χ3n) is 4.39. The number of nitrogens with zero attached hydrogens (tertiary/aromatic N) is 4. The fourth-order valence-corrected chi connectivity index (χ4v) is 3.00. The second-order valence-corrected chi connectivity index (χ2v) is 6.32. The molecule has 0 saturated carbocycles. The zero-order valence-corrected chi connectivity index (χ0v) is 15.2. The Morgan fingerprint density at radius 1 is 0.963 bits per heavy atom. The van der Waals surface area contributed by atoms with Gasteiger partial charge in [-0.3, -0.25) is 0 Å². The lowest BCUT2D eigenvalue weighted by atomic mass is 10.1. The molecule has 0 aliphatic rings. The molecule has 0 saturated heterocycles. The van der Waals surface area contributed by atoms with Crippen LogP contribution in [0.4, 0.5) is 5.82 Å². The SMILES string of the molecule is CCCCn1nc(-c2ccc(Oc3ccccc3)cc2)c2c(N)ncnc21. The minimum absolute atomic E-state index is 0.447. The normalized spacial score (nSPS) is 11.0. The van der Waals surface area contributed by atoms with Gasteiger partial charge in [0.2, 0.25) is 0 Å². The number of hydrogen-bond donors (Lipinski definition) is 1. The molecule has 0 amide bonds. The van der Waals surface area contributed by atoms with Gasteiger partial charge in [0.15, 0.2) is 5.65 Å². The first-order valence-corrected chi connectivity index (χ1v) is 9.06. The van der Waals surface area contributed by atoms with Gasteiger partial charge in [-0.1, -0.05) is 31.5 Å². The number of nitrogen functional groups attached to an aromatic ring is 1. The summed E-state index contributed by atoms with van der Waals surface area (Å²) in [4.78, 5) is 8.55. The minimum Gasteiger partial charge on any atom is -0.457 e. The Bertz CT molecular complexity index is 1040. The van der Waals surface area contributed by atoms with E-state index in [0.717, 1.165) is 53.2 Å². The van der Waals surface area contributed by atoms with E-state index in [-0.39, 0.29) is 0 Å². The van der Waals surface area contributed by atoms with Gasteiger partial charge in [-0.25, -0.2) is 14.6 Å². The topological polar surface area (TPSA) is 78.9 Å². The van der Waals surface area contributed by atoms with Crippen LogP contribution in [-0.2, 0) is 6.54 Å². The van der Waals surface area contributed by atoms with Crippen molar-refractivity contribution in [1.82, 2.24) is 19.7 Å². The van der Waals surface area contributed by atoms with Crippen LogP contribution in [0.5, 0.6) is 11.5 Å². The Morgan fingerprint density at radius 2 is 1.70 bits per heavy atom. The summed E-state index contributed by atoms with van der Waals surface area (Å²) in [6, 6.07) is 17.5. The maximum atomic E-state index is 6.14. The Kier molecular flexibility index (Phi) is 4.70. The summed E-state index contributed by atoms with van der Waals surface area (Å²) in [7, 11) is 0. The van der Waals surface area contributed by atoms with Crippen LogP contribution in [0.25, 0.3) is 22.3 Å². The van der Waals surface area contributed by atoms with Crippen molar-refractivity contribution < 1.29 is 4.74 Å². The molecule has 0 aliphatic heterocycles. The summed E-state index contributed by atoms with van der Waals surface area (Å²) < 4.78 is 7.78. The summed E-state index contributed by atoms with van der Waals surface area (Å²) in [5, 5.41) is 5.56. The van der Waals surface area contributed by atoms with Crippen LogP contribution < -0.4 is 10.5 Å². The van der Waals surface area contributed by atoms with Crippen LogP contribution >= 0.6 is 0 Å². The quantitative estimate of drug-likeness (QED) is 0.541. The van der Waals surface area contributed by atoms with E-state index >= 15 is 0 Å². The van der Waals surface area contributed by atoms with Crippen LogP contribution in [-0.4, -0.2) is 19.7 Å². The molecule has 2 aromatic heterocycles. The maximum Gasteiger partial charge on any atom is 0.163 e. The maximum absolute atomic E-state index is 6.14. The minimum atomic E-state index is 0.447. The van der Waals surface area contributed by atoms with Crippen molar-refractivity contribution in [3.8, 4) is 22.8 Å². The van der Waals surface area contributed by atoms with Crippen molar-refractivity contribution >= 4 is 16.9 Å². The van der Waals surface area contributed by atoms with Gasteiger partial charge in [-0.15, -0.1) is 0 Å². The van der Waals surface area contributed by atoms with Gasteiger partial charge in [-0.05, 0) is 42.8 Å². The lowest BCUT2D eigenvalue weighted by Gasteiger charge is -2.06. The molecule has 2 heterocycles. The third-order valence-corrected chi connectivity index (χ3v) is 4.39. The van der Waals surface area contributed by atoms with Gasteiger partial charge in [0, 0.05) is 12.1 Å². The van der Waals surface area contributed by atoms with Crippen LogP contribution in [0.1, 0.15) is 19.8 Å². The predicted molar refractivity (Wildman–Crippen MR) is 107 cm³/mol. The average Bonchev–Trinajstić information content (AvgIpc) is 3.08. The number of anilines is 1. The summed E-state index contributed by atoms with van der Waals surface area (Å²) in [5.74, 6) is 2.02. The van der Waals surface area contributed by atoms with Crippen molar-refractivity contribution in [3.63, 3.8) is 0 Å². The lowest BCUT2D eigenvalue weighted by Crippen LogP contribution is -2.01. The molecule has 0 atom stereocenters. The molecule has 2 N–H and O–H groups in total. The van der Waals surface area contributed by atoms with E-state index in [1.807, 2.05) is 59.3 Å². The van der Waals surface area contributed by atoms with Crippen molar-refractivity contribution in [1.29, 1.82) is 0 Å². The second kappa shape index (κ2) is 7.45. The number of hydrogen-bond acceptors (Lipinski definition) is 5. The lowest BCUT2D eigenvalue weighted by molar-refractivity contribution is 0.483. The fourth-order valence-electron chi connectivity index (χ4n) is 3.00. The molecule has 0 aliphatic carbocycles. The number of nitrogens with two attached hydrogens (primary N) is 1. The Balaban J connectivity index is 1.69. The van der Waals surface area contributed by atoms with E-state index in [1.54, 1.807) is 0 Å². The van der Waals surface area contributed by atoms with Gasteiger partial charge >= 0.3 is 0 Å². The summed E-state index contributed by atoms with van der Waals surface area (Å²) in [6.07, 6.45) is 3.61. The van der Waals surface area contributed by atoms with Gasteiger partial charge in [0.1, 0.15) is 29.3 Å². The van der Waals surface area contributed by atoms with E-state index in [4.69, 9.17) is 15.6 Å². The number of ether oxygens (including phenoxy) is 1. The number of benzene rings is 2. The van der Waals surface area contributed by atoms with Crippen molar-refractivity contribution in [2.75, 3.05) is 5.73 Å². The highest BCUT2D eigenvalue weighted by Crippen LogP contribution is 2.32. The third kappa shape index (κ3) is 3.46. The highest BCUT2D eigenvalue weighted by molar-refractivity contribution is 5.98. The Morgan fingerprint density at radius 3 is 2.44 bits per heavy atom. The Labute approximate surface area is 157 Å². The van der Waals surface area contributed by atoms with Gasteiger partial charge in [0.25, 0.3) is 0 Å². The molecule has 6 heteroatoms. The van der Waals surface area contributed by atoms with Gasteiger partial charge in [0.05, 0.1) is 5.39 Å². The van der Waals surface area contributed by atoms with Gasteiger partial charge in [-0.2, -0.15) is 5.10 Å². The van der Waals surface area contributed by atoms with Crippen molar-refractivity contribution in [3.05, 3.63) is 60.9 Å². The van der Waals surface area contributed by atoms with Gasteiger partial charge < -0.3 is 10.5 Å². The zero-order chi connectivity index (χ0) is 18.6. The molecule has 0 spiro atoms. The van der Waals surface area contributed by atoms with Crippen molar-refractivity contribution in [2.45, 2.75) is 26.3 Å². The van der Waals surface area contributed by atoms with E-state index in [2.05, 4.69) is 16.9 Å². The summed E-state index contributed by atoms with van der Waals surface area (Å²) in [6.45, 7) is 2.96. The molecule has 0 radical (unpaired) electrons. The van der Waals surface area contributed by atoms with E-state index in [1.165, 1.54) is 6.33 Å². The largest absolute Gasteiger partial charge is 0.457 e. The number of fused-ring (bicyclic) bond motifs is 1. The summed E-state index contributed by atoms with van der Waals surface area (Å²) in [5.41, 5.74) is 8.67. The Hall–Kier alpha value is -3.41. The predicted octanol–water partition coefficient (Wildman–Crippen LogP) is 4.67. The molecule has 0 unspecified atom stereocenters. The molecule has 136 valence electrons. The van der Waals surface area contributed by atoms with Crippen LogP contribution in [0.15, 0.2) is 60.9 Å². The first-order chi connectivity index (χ1) is 13.3. The second-order valence-electron chi connectivity index (χ2n) is 6.32. The molecule has 6 nitrogen and oxygen atoms in total. The monoisotopic (exact) mass is 359 g/mol. The molecule has 4 aromatic rings. The van der Waals surface area contributed by atoms with Crippen LogP contribution in [0, 0.1) is 0 Å². The molecule has 4 rings (SSSR count). The highest BCUT2D eigenvalue weighted by Gasteiger charge is 2.16. The molecule has 0 fully saturated rings. The smallest absolute Gasteiger partial charge is 0.163 e.